The maximum Gasteiger partial charge on any atom is 0.187 e. The minimum atomic E-state index is 0. The number of hydrogen-bond acceptors (Lipinski definition) is 0. The van der Waals surface area contributed by atoms with Crippen LogP contribution >= 0.6 is 0 Å². The quantitative estimate of drug-likeness (QED) is 0.335. The molecule has 0 aliphatic rings. The second-order valence-corrected chi connectivity index (χ2v) is 0. The van der Waals surface area contributed by atoms with Crippen molar-refractivity contribution in [3.63, 3.8) is 0 Å². The predicted molar refractivity (Wildman–Crippen MR) is 32.6 cm³/mol. The van der Waals surface area contributed by atoms with Gasteiger partial charge in [-0.1, -0.05) is 0 Å². The first-order valence-corrected chi connectivity index (χ1v) is 0. The second-order valence-electron chi connectivity index (χ2n) is 0. The zero-order valence-corrected chi connectivity index (χ0v) is 3.42. The van der Waals surface area contributed by atoms with E-state index in [0.29, 0.717) is 0 Å². The molecule has 0 unspecified atom stereocenters. The fourth-order valence-corrected chi connectivity index (χ4v) is 0. The van der Waals surface area contributed by atoms with Gasteiger partial charge in [-0.3, -0.25) is 0 Å². The van der Waals surface area contributed by atoms with Gasteiger partial charge in [0.15, 0.2) is 17.4 Å². The fourth-order valence-electron chi connectivity index (χ4n) is 0. The zero-order valence-electron chi connectivity index (χ0n) is 0.577. The van der Waals surface area contributed by atoms with E-state index < -0.39 is 0 Å². The Labute approximate surface area is 71.2 Å². The van der Waals surface area contributed by atoms with Crippen molar-refractivity contribution < 1.29 is 32.7 Å². The van der Waals surface area contributed by atoms with Gasteiger partial charge in [0, 0.05) is 32.7 Å². The van der Waals surface area contributed by atoms with Crippen LogP contribution in [0.25, 0.3) is 0 Å². The van der Waals surface area contributed by atoms with Crippen LogP contribution in [0.1, 0.15) is 0 Å². The van der Waals surface area contributed by atoms with Gasteiger partial charge in [-0.25, -0.2) is 0 Å². The van der Waals surface area contributed by atoms with Gasteiger partial charge in [0.2, 0.25) is 0 Å². The van der Waals surface area contributed by atoms with Crippen LogP contribution in [0.5, 0.6) is 0 Å². The van der Waals surface area contributed by atoms with Gasteiger partial charge in [0.05, 0.1) is 0 Å². The third kappa shape index (κ3) is 8.95. The molecule has 4 heteroatoms. The normalized spacial score (nSPS) is 0. The van der Waals surface area contributed by atoms with Crippen LogP contribution in [0.4, 0.5) is 0 Å². The Balaban J connectivity index is 0. The summed E-state index contributed by atoms with van der Waals surface area (Å²) in [5, 5.41) is 0. The molecule has 0 aromatic rings. The van der Waals surface area contributed by atoms with Crippen molar-refractivity contribution in [3.8, 4) is 0 Å². The van der Waals surface area contributed by atoms with Gasteiger partial charge >= 0.3 is 0 Å². The Hall–Kier alpha value is 2.07. The Bertz CT molecular complexity index is 6.00. The average Bonchev–Trinajstić information content (AvgIpc) is 0. The summed E-state index contributed by atoms with van der Waals surface area (Å²) in [5.74, 6) is 0. The summed E-state index contributed by atoms with van der Waals surface area (Å²) in [6.07, 6.45) is 0. The Morgan fingerprint density at radius 2 is 0.750 bits per heavy atom. The van der Waals surface area contributed by atoms with Crippen LogP contribution in [-0.2, 0) is 32.7 Å². The van der Waals surface area contributed by atoms with E-state index in [1.165, 1.54) is 0 Å². The zero-order chi connectivity index (χ0) is 0. The molecule has 0 bridgehead atoms. The first-order valence-electron chi connectivity index (χ1n) is 0. The van der Waals surface area contributed by atoms with Gasteiger partial charge < -0.3 is 0 Å². The van der Waals surface area contributed by atoms with Crippen LogP contribution in [-0.4, -0.2) is 39.3 Å². The van der Waals surface area contributed by atoms with Crippen molar-refractivity contribution in [1.29, 1.82) is 0 Å². The summed E-state index contributed by atoms with van der Waals surface area (Å²) >= 11 is 0. The van der Waals surface area contributed by atoms with E-state index in [4.69, 9.17) is 0 Å². The number of rotatable bonds is 0. The monoisotopic (exact) mass is 183 g/mol. The molecule has 0 aromatic carbocycles. The number of hydrogen-bond donors (Lipinski definition) is 0. The van der Waals surface area contributed by atoms with Gasteiger partial charge in [-0.05, 0) is 21.9 Å². The molecular weight excluding hydrogens is 172 g/mol. The topological polar surface area (TPSA) is 0 Å². The molecule has 0 aliphatic heterocycles. The van der Waals surface area contributed by atoms with E-state index in [0.717, 1.165) is 0 Å². The Morgan fingerprint density at radius 3 is 0.750 bits per heavy atom. The van der Waals surface area contributed by atoms with Gasteiger partial charge in [-0.15, -0.1) is 0 Å². The minimum absolute atomic E-state index is 0. The summed E-state index contributed by atoms with van der Waals surface area (Å²) in [5.41, 5.74) is 0. The molecule has 0 amide bonds. The maximum atomic E-state index is 0. The van der Waals surface area contributed by atoms with E-state index >= 15 is 0 Å². The van der Waals surface area contributed by atoms with E-state index in [2.05, 4.69) is 0 Å². The van der Waals surface area contributed by atoms with Crippen molar-refractivity contribution in [2.75, 3.05) is 0 Å². The molecule has 0 saturated heterocycles. The third-order valence-corrected chi connectivity index (χ3v) is 0. The Kier molecular flexibility index (Phi) is 178. The van der Waals surface area contributed by atoms with Gasteiger partial charge in [0.25, 0.3) is 0 Å². The van der Waals surface area contributed by atoms with Gasteiger partial charge in [-0.2, -0.15) is 0 Å². The van der Waals surface area contributed by atoms with Crippen LogP contribution in [0.2, 0.25) is 0 Å². The molecule has 0 aromatic heterocycles. The van der Waals surface area contributed by atoms with Crippen molar-refractivity contribution >= 4 is 39.3 Å². The van der Waals surface area contributed by atoms with Crippen molar-refractivity contribution in [1.82, 2.24) is 0 Å². The summed E-state index contributed by atoms with van der Waals surface area (Å²) in [6, 6.07) is 0. The van der Waals surface area contributed by atoms with Crippen LogP contribution in [0.3, 0.4) is 0 Å². The van der Waals surface area contributed by atoms with E-state index in [1.54, 1.807) is 0 Å². The van der Waals surface area contributed by atoms with Crippen LogP contribution < -0.4 is 0 Å². The largest absolute Gasteiger partial charge is 0.187 e. The maximum absolute atomic E-state index is 0. The smallest absolute Gasteiger partial charge is 0.0149 e. The third-order valence-electron chi connectivity index (χ3n) is 0. The summed E-state index contributed by atoms with van der Waals surface area (Å²) in [7, 11) is 0. The van der Waals surface area contributed by atoms with E-state index in [9.17, 15) is 0 Å². The van der Waals surface area contributed by atoms with Crippen LogP contribution in [0.15, 0.2) is 0 Å². The molecule has 0 heterocycles. The molecule has 0 nitrogen and oxygen atoms in total. The van der Waals surface area contributed by atoms with Crippen molar-refractivity contribution in [2.24, 2.45) is 0 Å². The standard InChI is InChI=1S/Al.2H4Si.Y.3H/h;2*1H4;;;;. The van der Waals surface area contributed by atoms with E-state index in [-0.39, 0.29) is 72.0 Å². The molecule has 4 heavy (non-hydrogen) atoms. The molecule has 0 atom stereocenters. The first kappa shape index (κ1) is 36.4. The summed E-state index contributed by atoms with van der Waals surface area (Å²) in [6.45, 7) is 0. The van der Waals surface area contributed by atoms with Crippen molar-refractivity contribution in [2.45, 2.75) is 0 Å². The Morgan fingerprint density at radius 1 is 0.750 bits per heavy atom. The van der Waals surface area contributed by atoms with E-state index in [1.807, 2.05) is 0 Å². The molecule has 0 saturated carbocycles. The molecule has 0 rings (SSSR count). The second kappa shape index (κ2) is 19.6. The minimum Gasteiger partial charge on any atom is -0.0149 e. The van der Waals surface area contributed by atoms with Gasteiger partial charge in [0.1, 0.15) is 0 Å². The predicted octanol–water partition coefficient (Wildman–Crippen LogP) is -4.09. The summed E-state index contributed by atoms with van der Waals surface area (Å²) in [4.78, 5) is 0. The molecule has 25 valence electrons. The molecule has 0 spiro atoms. The molecule has 1 radical (unpaired) electrons. The fraction of sp³-hybridized carbons (Fsp3) is 0. The molecule has 0 fully saturated rings. The first-order chi connectivity index (χ1) is 0. The molecular formula is H11AlSi2Y. The average molecular weight is 183 g/mol. The van der Waals surface area contributed by atoms with Crippen LogP contribution in [0, 0.1) is 0 Å². The molecule has 0 N–H and O–H groups in total. The summed E-state index contributed by atoms with van der Waals surface area (Å²) < 4.78 is 0. The SMILES string of the molecule is [AlH3].[SiH4].[SiH4].[Y]. The van der Waals surface area contributed by atoms with Crippen molar-refractivity contribution in [3.05, 3.63) is 0 Å². The molecule has 0 aliphatic carbocycles.